The van der Waals surface area contributed by atoms with Crippen LogP contribution in [0.25, 0.3) is 0 Å². The van der Waals surface area contributed by atoms with Gasteiger partial charge in [0, 0.05) is 12.5 Å². The lowest BCUT2D eigenvalue weighted by Crippen LogP contribution is -2.28. The maximum atomic E-state index is 11.8. The minimum absolute atomic E-state index is 0.0199. The summed E-state index contributed by atoms with van der Waals surface area (Å²) in [5.74, 6) is 0.922. The van der Waals surface area contributed by atoms with E-state index in [1.165, 1.54) is 0 Å². The van der Waals surface area contributed by atoms with E-state index in [0.29, 0.717) is 12.5 Å². The fourth-order valence-electron chi connectivity index (χ4n) is 1.93. The van der Waals surface area contributed by atoms with Gasteiger partial charge in [-0.25, -0.2) is 0 Å². The molecular weight excluding hydrogens is 252 g/mol. The molecule has 1 amide bonds. The predicted octanol–water partition coefficient (Wildman–Crippen LogP) is 2.65. The smallest absolute Gasteiger partial charge is 0.220 e. The molecule has 20 heavy (non-hydrogen) atoms. The molecule has 0 bridgehead atoms. The van der Waals surface area contributed by atoms with E-state index in [4.69, 9.17) is 4.74 Å². The normalized spacial score (nSPS) is 12.2. The Morgan fingerprint density at radius 3 is 2.40 bits per heavy atom. The fourth-order valence-corrected chi connectivity index (χ4v) is 1.93. The molecule has 4 nitrogen and oxygen atoms in total. The molecule has 0 spiro atoms. The first kappa shape index (κ1) is 16.5. The summed E-state index contributed by atoms with van der Waals surface area (Å²) in [7, 11) is 1.64. The van der Waals surface area contributed by atoms with Crippen molar-refractivity contribution in [1.82, 2.24) is 10.6 Å². The lowest BCUT2D eigenvalue weighted by atomic mass is 10.1. The highest BCUT2D eigenvalue weighted by Crippen LogP contribution is 2.17. The average molecular weight is 278 g/mol. The highest BCUT2D eigenvalue weighted by atomic mass is 16.5. The minimum atomic E-state index is 0.0199. The average Bonchev–Trinajstić information content (AvgIpc) is 2.43. The standard InChI is InChI=1S/C16H26N2O2/c1-12(2)17-11-5-6-16(19)18-13(3)14-7-9-15(20-4)10-8-14/h7-10,12-13,17H,5-6,11H2,1-4H3,(H,18,19)/t13-/m0/s1. The number of hydrogen-bond acceptors (Lipinski definition) is 3. The molecule has 0 saturated carbocycles. The quantitative estimate of drug-likeness (QED) is 0.719. The van der Waals surface area contributed by atoms with Crippen LogP contribution >= 0.6 is 0 Å². The van der Waals surface area contributed by atoms with Crippen molar-refractivity contribution >= 4 is 5.91 Å². The molecule has 0 aliphatic heterocycles. The lowest BCUT2D eigenvalue weighted by molar-refractivity contribution is -0.121. The Bertz CT molecular complexity index is 401. The van der Waals surface area contributed by atoms with E-state index in [1.807, 2.05) is 31.2 Å². The monoisotopic (exact) mass is 278 g/mol. The third-order valence-corrected chi connectivity index (χ3v) is 3.13. The second kappa shape index (κ2) is 8.59. The minimum Gasteiger partial charge on any atom is -0.497 e. The van der Waals surface area contributed by atoms with Crippen LogP contribution in [0.4, 0.5) is 0 Å². The summed E-state index contributed by atoms with van der Waals surface area (Å²) in [5.41, 5.74) is 1.08. The van der Waals surface area contributed by atoms with Crippen LogP contribution in [0.3, 0.4) is 0 Å². The van der Waals surface area contributed by atoms with Gasteiger partial charge in [-0.2, -0.15) is 0 Å². The molecule has 0 aromatic heterocycles. The van der Waals surface area contributed by atoms with Crippen LogP contribution in [-0.4, -0.2) is 25.6 Å². The molecule has 0 fully saturated rings. The molecule has 0 saturated heterocycles. The Morgan fingerprint density at radius 1 is 1.20 bits per heavy atom. The molecule has 0 aliphatic carbocycles. The molecule has 1 aromatic rings. The SMILES string of the molecule is COc1ccc([C@H](C)NC(=O)CCCNC(C)C)cc1. The Kier molecular flexibility index (Phi) is 7.09. The Hall–Kier alpha value is -1.55. The molecule has 0 radical (unpaired) electrons. The van der Waals surface area contributed by atoms with E-state index in [1.54, 1.807) is 7.11 Å². The summed E-state index contributed by atoms with van der Waals surface area (Å²) in [5, 5.41) is 6.32. The number of ether oxygens (including phenoxy) is 1. The van der Waals surface area contributed by atoms with Crippen LogP contribution < -0.4 is 15.4 Å². The number of benzene rings is 1. The first-order chi connectivity index (χ1) is 9.52. The van der Waals surface area contributed by atoms with Crippen LogP contribution in [0.5, 0.6) is 5.75 Å². The van der Waals surface area contributed by atoms with Crippen molar-refractivity contribution < 1.29 is 9.53 Å². The van der Waals surface area contributed by atoms with E-state index < -0.39 is 0 Å². The van der Waals surface area contributed by atoms with E-state index in [9.17, 15) is 4.79 Å². The molecular formula is C16H26N2O2. The van der Waals surface area contributed by atoms with Gasteiger partial charge >= 0.3 is 0 Å². The van der Waals surface area contributed by atoms with Crippen molar-refractivity contribution in [2.45, 2.75) is 45.7 Å². The van der Waals surface area contributed by atoms with Crippen LogP contribution in [0.15, 0.2) is 24.3 Å². The Morgan fingerprint density at radius 2 is 1.85 bits per heavy atom. The molecule has 0 heterocycles. The zero-order valence-corrected chi connectivity index (χ0v) is 12.9. The summed E-state index contributed by atoms with van der Waals surface area (Å²) < 4.78 is 5.12. The topological polar surface area (TPSA) is 50.4 Å². The van der Waals surface area contributed by atoms with E-state index in [-0.39, 0.29) is 11.9 Å². The molecule has 1 rings (SSSR count). The fraction of sp³-hybridized carbons (Fsp3) is 0.562. The van der Waals surface area contributed by atoms with Gasteiger partial charge in [-0.1, -0.05) is 26.0 Å². The second-order valence-corrected chi connectivity index (χ2v) is 5.27. The van der Waals surface area contributed by atoms with Crippen molar-refractivity contribution in [1.29, 1.82) is 0 Å². The molecule has 4 heteroatoms. The number of methoxy groups -OCH3 is 1. The van der Waals surface area contributed by atoms with Gasteiger partial charge in [-0.05, 0) is 37.6 Å². The van der Waals surface area contributed by atoms with E-state index >= 15 is 0 Å². The molecule has 0 unspecified atom stereocenters. The molecule has 112 valence electrons. The van der Waals surface area contributed by atoms with E-state index in [2.05, 4.69) is 24.5 Å². The van der Waals surface area contributed by atoms with Gasteiger partial charge in [0.15, 0.2) is 0 Å². The second-order valence-electron chi connectivity index (χ2n) is 5.27. The van der Waals surface area contributed by atoms with Gasteiger partial charge < -0.3 is 15.4 Å². The van der Waals surface area contributed by atoms with Gasteiger partial charge in [0.1, 0.15) is 5.75 Å². The number of carbonyl (C=O) groups excluding carboxylic acids is 1. The maximum absolute atomic E-state index is 11.8. The van der Waals surface area contributed by atoms with Crippen LogP contribution in [0.2, 0.25) is 0 Å². The van der Waals surface area contributed by atoms with Gasteiger partial charge in [0.05, 0.1) is 13.2 Å². The molecule has 1 aromatic carbocycles. The molecule has 2 N–H and O–H groups in total. The van der Waals surface area contributed by atoms with Crippen LogP contribution in [0.1, 0.15) is 45.2 Å². The summed E-state index contributed by atoms with van der Waals surface area (Å²) in [4.78, 5) is 11.8. The van der Waals surface area contributed by atoms with Crippen molar-refractivity contribution in [2.24, 2.45) is 0 Å². The number of hydrogen-bond donors (Lipinski definition) is 2. The largest absolute Gasteiger partial charge is 0.497 e. The summed E-state index contributed by atoms with van der Waals surface area (Å²) in [6.07, 6.45) is 1.42. The Labute approximate surface area is 121 Å². The highest BCUT2D eigenvalue weighted by Gasteiger charge is 2.09. The molecule has 0 aliphatic rings. The predicted molar refractivity (Wildman–Crippen MR) is 81.9 cm³/mol. The summed E-state index contributed by atoms with van der Waals surface area (Å²) in [6, 6.07) is 8.26. The third kappa shape index (κ3) is 6.06. The summed E-state index contributed by atoms with van der Waals surface area (Å²) in [6.45, 7) is 7.08. The third-order valence-electron chi connectivity index (χ3n) is 3.13. The van der Waals surface area contributed by atoms with Crippen LogP contribution in [0, 0.1) is 0 Å². The number of carbonyl (C=O) groups is 1. The van der Waals surface area contributed by atoms with Crippen molar-refractivity contribution in [3.05, 3.63) is 29.8 Å². The van der Waals surface area contributed by atoms with Crippen molar-refractivity contribution in [2.75, 3.05) is 13.7 Å². The van der Waals surface area contributed by atoms with Gasteiger partial charge in [-0.3, -0.25) is 4.79 Å². The molecule has 1 atom stereocenters. The van der Waals surface area contributed by atoms with Gasteiger partial charge in [0.25, 0.3) is 0 Å². The van der Waals surface area contributed by atoms with Crippen LogP contribution in [-0.2, 0) is 4.79 Å². The van der Waals surface area contributed by atoms with E-state index in [0.717, 1.165) is 24.3 Å². The number of rotatable bonds is 8. The number of amides is 1. The van der Waals surface area contributed by atoms with Crippen molar-refractivity contribution in [3.63, 3.8) is 0 Å². The zero-order valence-electron chi connectivity index (χ0n) is 12.9. The van der Waals surface area contributed by atoms with Gasteiger partial charge in [-0.15, -0.1) is 0 Å². The zero-order chi connectivity index (χ0) is 15.0. The number of nitrogens with one attached hydrogen (secondary N) is 2. The summed E-state index contributed by atoms with van der Waals surface area (Å²) >= 11 is 0. The first-order valence-electron chi connectivity index (χ1n) is 7.19. The highest BCUT2D eigenvalue weighted by molar-refractivity contribution is 5.76. The maximum Gasteiger partial charge on any atom is 0.220 e. The first-order valence-corrected chi connectivity index (χ1v) is 7.19. The lowest BCUT2D eigenvalue weighted by Gasteiger charge is -2.15. The van der Waals surface area contributed by atoms with Crippen molar-refractivity contribution in [3.8, 4) is 5.75 Å². The van der Waals surface area contributed by atoms with Gasteiger partial charge in [0.2, 0.25) is 5.91 Å². The Balaban J connectivity index is 2.33.